The molecule has 1 aromatic carbocycles. The van der Waals surface area contributed by atoms with Crippen LogP contribution in [0.25, 0.3) is 0 Å². The fraction of sp³-hybridized carbons (Fsp3) is 0.462. The molecule has 1 rings (SSSR count). The van der Waals surface area contributed by atoms with Crippen LogP contribution in [0, 0.1) is 0 Å². The summed E-state index contributed by atoms with van der Waals surface area (Å²) in [5.74, 6) is 0.916. The normalized spacial score (nSPS) is 10.8. The molecule has 0 amide bonds. The fourth-order valence-electron chi connectivity index (χ4n) is 1.52. The second-order valence-electron chi connectivity index (χ2n) is 3.64. The minimum atomic E-state index is -0.183. The first-order valence-corrected chi connectivity index (χ1v) is 5.85. The van der Waals surface area contributed by atoms with E-state index in [-0.39, 0.29) is 20.2 Å². The van der Waals surface area contributed by atoms with Crippen LogP contribution < -0.4 is 9.47 Å². The Morgan fingerprint density at radius 1 is 1.10 bits per heavy atom. The van der Waals surface area contributed by atoms with Crippen molar-refractivity contribution < 1.29 is 28.9 Å². The molecule has 0 saturated heterocycles. The molecule has 0 heterocycles. The zero-order chi connectivity index (χ0) is 14.8. The van der Waals surface area contributed by atoms with Crippen molar-refractivity contribution in [2.75, 3.05) is 34.9 Å². The Hall–Kier alpha value is -1.83. The molecular weight excluding hydrogens is 266 g/mol. The number of rotatable bonds is 9. The van der Waals surface area contributed by atoms with Gasteiger partial charge < -0.3 is 28.9 Å². The monoisotopic (exact) mass is 285 g/mol. The standard InChI is InChI=1S/C13H19NO6/c1-16-8-19-12-5-4-10(7-15)13(20-9-17-2)11(12)6-14-18-3/h4-6,15H,7-9H2,1-3H3/b14-6+. The first-order valence-electron chi connectivity index (χ1n) is 5.85. The highest BCUT2D eigenvalue weighted by atomic mass is 16.7. The Bertz CT molecular complexity index is 435. The molecule has 0 aromatic heterocycles. The molecule has 0 saturated carbocycles. The maximum atomic E-state index is 9.37. The van der Waals surface area contributed by atoms with Crippen molar-refractivity contribution in [3.8, 4) is 11.5 Å². The minimum Gasteiger partial charge on any atom is -0.467 e. The quantitative estimate of drug-likeness (QED) is 0.416. The number of aliphatic hydroxyl groups is 1. The van der Waals surface area contributed by atoms with Gasteiger partial charge in [0.2, 0.25) is 0 Å². The lowest BCUT2D eigenvalue weighted by molar-refractivity contribution is 0.0447. The van der Waals surface area contributed by atoms with Crippen LogP contribution in [0.3, 0.4) is 0 Å². The van der Waals surface area contributed by atoms with Gasteiger partial charge in [-0.05, 0) is 12.1 Å². The molecule has 0 bridgehead atoms. The maximum absolute atomic E-state index is 9.37. The van der Waals surface area contributed by atoms with Gasteiger partial charge in [0.15, 0.2) is 13.6 Å². The summed E-state index contributed by atoms with van der Waals surface area (Å²) < 4.78 is 20.7. The van der Waals surface area contributed by atoms with E-state index >= 15 is 0 Å². The first-order chi connectivity index (χ1) is 9.78. The lowest BCUT2D eigenvalue weighted by Crippen LogP contribution is -2.08. The Morgan fingerprint density at radius 3 is 2.40 bits per heavy atom. The Morgan fingerprint density at radius 2 is 1.80 bits per heavy atom. The molecular formula is C13H19NO6. The minimum absolute atomic E-state index is 0.0363. The largest absolute Gasteiger partial charge is 0.467 e. The van der Waals surface area contributed by atoms with E-state index < -0.39 is 0 Å². The topological polar surface area (TPSA) is 78.7 Å². The predicted molar refractivity (Wildman–Crippen MR) is 72.0 cm³/mol. The molecule has 0 radical (unpaired) electrons. The van der Waals surface area contributed by atoms with Crippen LogP contribution in [0.15, 0.2) is 17.3 Å². The molecule has 0 atom stereocenters. The van der Waals surface area contributed by atoms with Crippen LogP contribution >= 0.6 is 0 Å². The van der Waals surface area contributed by atoms with Gasteiger partial charge in [0, 0.05) is 19.8 Å². The molecule has 0 spiro atoms. The maximum Gasteiger partial charge on any atom is 0.188 e. The van der Waals surface area contributed by atoms with E-state index in [4.69, 9.17) is 18.9 Å². The van der Waals surface area contributed by atoms with Gasteiger partial charge in [-0.1, -0.05) is 5.16 Å². The molecule has 0 aliphatic rings. The molecule has 20 heavy (non-hydrogen) atoms. The second-order valence-corrected chi connectivity index (χ2v) is 3.64. The van der Waals surface area contributed by atoms with Gasteiger partial charge in [0.25, 0.3) is 0 Å². The number of oxime groups is 1. The van der Waals surface area contributed by atoms with Gasteiger partial charge in [0.1, 0.15) is 18.6 Å². The number of methoxy groups -OCH3 is 2. The van der Waals surface area contributed by atoms with E-state index in [0.717, 1.165) is 0 Å². The van der Waals surface area contributed by atoms with Gasteiger partial charge in [0.05, 0.1) is 18.4 Å². The molecule has 7 nitrogen and oxygen atoms in total. The summed E-state index contributed by atoms with van der Waals surface area (Å²) >= 11 is 0. The summed E-state index contributed by atoms with van der Waals surface area (Å²) in [6.45, 7) is -0.0675. The van der Waals surface area contributed by atoms with Crippen molar-refractivity contribution in [1.29, 1.82) is 0 Å². The van der Waals surface area contributed by atoms with E-state index in [1.54, 1.807) is 12.1 Å². The lowest BCUT2D eigenvalue weighted by atomic mass is 10.1. The van der Waals surface area contributed by atoms with E-state index in [2.05, 4.69) is 9.99 Å². The average molecular weight is 285 g/mol. The summed E-state index contributed by atoms with van der Waals surface area (Å²) in [5, 5.41) is 13.1. The smallest absolute Gasteiger partial charge is 0.188 e. The Kier molecular flexibility index (Phi) is 7.41. The van der Waals surface area contributed by atoms with Crippen LogP contribution in [-0.2, 0) is 20.9 Å². The highest BCUT2D eigenvalue weighted by Crippen LogP contribution is 2.31. The third-order valence-corrected chi connectivity index (χ3v) is 2.35. The molecule has 0 unspecified atom stereocenters. The number of hydrogen-bond acceptors (Lipinski definition) is 7. The molecule has 0 fully saturated rings. The molecule has 112 valence electrons. The van der Waals surface area contributed by atoms with Gasteiger partial charge in [-0.15, -0.1) is 0 Å². The Balaban J connectivity index is 3.19. The van der Waals surface area contributed by atoms with E-state index in [1.165, 1.54) is 27.5 Å². The average Bonchev–Trinajstić information content (AvgIpc) is 2.48. The third-order valence-electron chi connectivity index (χ3n) is 2.35. The van der Waals surface area contributed by atoms with Crippen LogP contribution in [0.4, 0.5) is 0 Å². The fourth-order valence-corrected chi connectivity index (χ4v) is 1.52. The number of nitrogens with zero attached hydrogens (tertiary/aromatic N) is 1. The molecule has 0 aliphatic heterocycles. The molecule has 1 aromatic rings. The van der Waals surface area contributed by atoms with Crippen molar-refractivity contribution in [2.24, 2.45) is 5.16 Å². The number of aliphatic hydroxyl groups excluding tert-OH is 1. The number of benzene rings is 1. The van der Waals surface area contributed by atoms with Crippen LogP contribution in [0.5, 0.6) is 11.5 Å². The third kappa shape index (κ3) is 4.37. The molecule has 1 N–H and O–H groups in total. The van der Waals surface area contributed by atoms with E-state index in [0.29, 0.717) is 22.6 Å². The van der Waals surface area contributed by atoms with Gasteiger partial charge in [-0.2, -0.15) is 0 Å². The zero-order valence-electron chi connectivity index (χ0n) is 11.8. The first kappa shape index (κ1) is 16.2. The Labute approximate surface area is 117 Å². The van der Waals surface area contributed by atoms with Crippen molar-refractivity contribution in [3.05, 3.63) is 23.3 Å². The summed E-state index contributed by atoms with van der Waals surface area (Å²) in [6.07, 6.45) is 1.44. The summed E-state index contributed by atoms with van der Waals surface area (Å²) in [4.78, 5) is 4.67. The summed E-state index contributed by atoms with van der Waals surface area (Å²) in [5.41, 5.74) is 1.12. The predicted octanol–water partition coefficient (Wildman–Crippen LogP) is 1.12. The number of ether oxygens (including phenoxy) is 4. The van der Waals surface area contributed by atoms with Gasteiger partial charge >= 0.3 is 0 Å². The molecule has 7 heteroatoms. The van der Waals surface area contributed by atoms with E-state index in [1.807, 2.05) is 0 Å². The van der Waals surface area contributed by atoms with Crippen LogP contribution in [0.1, 0.15) is 11.1 Å². The van der Waals surface area contributed by atoms with Gasteiger partial charge in [-0.3, -0.25) is 0 Å². The SMILES string of the molecule is COCOc1ccc(CO)c(OCOC)c1/C=N/OC. The molecule has 0 aliphatic carbocycles. The van der Waals surface area contributed by atoms with Crippen molar-refractivity contribution in [1.82, 2.24) is 0 Å². The summed E-state index contributed by atoms with van der Waals surface area (Å²) in [7, 11) is 4.46. The van der Waals surface area contributed by atoms with Crippen molar-refractivity contribution >= 4 is 6.21 Å². The number of hydrogen-bond donors (Lipinski definition) is 1. The highest BCUT2D eigenvalue weighted by molar-refractivity contribution is 5.88. The lowest BCUT2D eigenvalue weighted by Gasteiger charge is -2.16. The van der Waals surface area contributed by atoms with Crippen molar-refractivity contribution in [2.45, 2.75) is 6.61 Å². The van der Waals surface area contributed by atoms with Crippen LogP contribution in [-0.4, -0.2) is 46.2 Å². The van der Waals surface area contributed by atoms with Crippen molar-refractivity contribution in [3.63, 3.8) is 0 Å². The summed E-state index contributed by atoms with van der Waals surface area (Å²) in [6, 6.07) is 3.39. The van der Waals surface area contributed by atoms with E-state index in [9.17, 15) is 5.11 Å². The van der Waals surface area contributed by atoms with Gasteiger partial charge in [-0.25, -0.2) is 0 Å². The second kappa shape index (κ2) is 9.13. The van der Waals surface area contributed by atoms with Crippen LogP contribution in [0.2, 0.25) is 0 Å². The highest BCUT2D eigenvalue weighted by Gasteiger charge is 2.15. The zero-order valence-corrected chi connectivity index (χ0v) is 11.8.